The average molecular weight is 229 g/mol. The number of nitrogens with two attached hydrogens (primary N) is 1. The molecule has 0 aliphatic heterocycles. The first kappa shape index (κ1) is 10.9. The van der Waals surface area contributed by atoms with E-state index in [2.05, 4.69) is 5.43 Å². The molecule has 2 aromatic carbocycles. The van der Waals surface area contributed by atoms with Crippen LogP contribution in [0.3, 0.4) is 0 Å². The second-order valence-corrected chi connectivity index (χ2v) is 3.47. The van der Waals surface area contributed by atoms with Crippen LogP contribution in [0.2, 0.25) is 0 Å². The lowest BCUT2D eigenvalue weighted by Crippen LogP contribution is -2.44. The van der Waals surface area contributed by atoms with Gasteiger partial charge in [0.25, 0.3) is 5.91 Å². The zero-order valence-corrected chi connectivity index (χ0v) is 8.94. The number of fused-ring (bicyclic) bond motifs is 1. The standard InChI is InChI=1S/C12H11N3O2/c13-12(17)15-14-11(16)10-7-3-5-8-4-1-2-6-9(8)10/h1-7H,(H,14,16)(H3,13,15,17). The SMILES string of the molecule is NC(=O)NNC(=O)c1cccc2ccccc12. The molecule has 0 radical (unpaired) electrons. The van der Waals surface area contributed by atoms with Crippen LogP contribution < -0.4 is 16.6 Å². The summed E-state index contributed by atoms with van der Waals surface area (Å²) in [6.07, 6.45) is 0. The molecule has 0 aliphatic rings. The first-order chi connectivity index (χ1) is 8.18. The van der Waals surface area contributed by atoms with Crippen LogP contribution in [0.15, 0.2) is 42.5 Å². The fraction of sp³-hybridized carbons (Fsp3) is 0. The zero-order chi connectivity index (χ0) is 12.3. The molecule has 5 nitrogen and oxygen atoms in total. The van der Waals surface area contributed by atoms with E-state index in [4.69, 9.17) is 5.73 Å². The number of benzene rings is 2. The molecule has 0 saturated carbocycles. The molecule has 17 heavy (non-hydrogen) atoms. The van der Waals surface area contributed by atoms with E-state index in [1.165, 1.54) is 0 Å². The normalized spacial score (nSPS) is 9.88. The van der Waals surface area contributed by atoms with Crippen LogP contribution in [0.5, 0.6) is 0 Å². The summed E-state index contributed by atoms with van der Waals surface area (Å²) in [4.78, 5) is 22.3. The Labute approximate surface area is 97.6 Å². The molecular weight excluding hydrogens is 218 g/mol. The Morgan fingerprint density at radius 1 is 0.941 bits per heavy atom. The highest BCUT2D eigenvalue weighted by Crippen LogP contribution is 2.17. The van der Waals surface area contributed by atoms with Crippen molar-refractivity contribution in [2.75, 3.05) is 0 Å². The van der Waals surface area contributed by atoms with Gasteiger partial charge in [-0.15, -0.1) is 0 Å². The van der Waals surface area contributed by atoms with E-state index < -0.39 is 11.9 Å². The number of hydrogen-bond donors (Lipinski definition) is 3. The summed E-state index contributed by atoms with van der Waals surface area (Å²) in [7, 11) is 0. The van der Waals surface area contributed by atoms with Gasteiger partial charge in [-0.2, -0.15) is 0 Å². The van der Waals surface area contributed by atoms with Gasteiger partial charge in [-0.3, -0.25) is 10.2 Å². The van der Waals surface area contributed by atoms with Gasteiger partial charge in [0.15, 0.2) is 0 Å². The van der Waals surface area contributed by atoms with E-state index in [9.17, 15) is 9.59 Å². The Morgan fingerprint density at radius 2 is 1.65 bits per heavy atom. The van der Waals surface area contributed by atoms with Gasteiger partial charge >= 0.3 is 6.03 Å². The second-order valence-electron chi connectivity index (χ2n) is 3.47. The molecule has 0 heterocycles. The number of carbonyl (C=O) groups is 2. The van der Waals surface area contributed by atoms with Crippen molar-refractivity contribution in [3.05, 3.63) is 48.0 Å². The quantitative estimate of drug-likeness (QED) is 0.641. The summed E-state index contributed by atoms with van der Waals surface area (Å²) in [6, 6.07) is 12.1. The Hall–Kier alpha value is -2.56. The van der Waals surface area contributed by atoms with Gasteiger partial charge in [-0.1, -0.05) is 36.4 Å². The van der Waals surface area contributed by atoms with Gasteiger partial charge in [0.05, 0.1) is 0 Å². The largest absolute Gasteiger partial charge is 0.350 e. The Morgan fingerprint density at radius 3 is 2.41 bits per heavy atom. The first-order valence-corrected chi connectivity index (χ1v) is 5.02. The first-order valence-electron chi connectivity index (χ1n) is 5.02. The van der Waals surface area contributed by atoms with Gasteiger partial charge in [-0.25, -0.2) is 10.2 Å². The molecule has 86 valence electrons. The van der Waals surface area contributed by atoms with Crippen LogP contribution >= 0.6 is 0 Å². The van der Waals surface area contributed by atoms with Gasteiger partial charge in [0.1, 0.15) is 0 Å². The Balaban J connectivity index is 2.35. The Kier molecular flexibility index (Phi) is 2.91. The number of amides is 3. The molecular formula is C12H11N3O2. The molecule has 2 aromatic rings. The van der Waals surface area contributed by atoms with Gasteiger partial charge in [0, 0.05) is 5.56 Å². The lowest BCUT2D eigenvalue weighted by molar-refractivity contribution is 0.0939. The smallest absolute Gasteiger partial charge is 0.330 e. The van der Waals surface area contributed by atoms with Crippen molar-refractivity contribution < 1.29 is 9.59 Å². The summed E-state index contributed by atoms with van der Waals surface area (Å²) in [5.41, 5.74) is 9.62. The predicted molar refractivity (Wildman–Crippen MR) is 64.1 cm³/mol. The summed E-state index contributed by atoms with van der Waals surface area (Å²) in [5, 5.41) is 1.78. The van der Waals surface area contributed by atoms with E-state index in [1.807, 2.05) is 35.8 Å². The van der Waals surface area contributed by atoms with Crippen LogP contribution in [0.4, 0.5) is 4.79 Å². The van der Waals surface area contributed by atoms with Crippen LogP contribution in [-0.4, -0.2) is 11.9 Å². The molecule has 0 aliphatic carbocycles. The van der Waals surface area contributed by atoms with Crippen molar-refractivity contribution in [1.82, 2.24) is 10.9 Å². The second kappa shape index (κ2) is 4.52. The van der Waals surface area contributed by atoms with E-state index >= 15 is 0 Å². The third-order valence-corrected chi connectivity index (χ3v) is 2.33. The minimum absolute atomic E-state index is 0.402. The summed E-state index contributed by atoms with van der Waals surface area (Å²) >= 11 is 0. The maximum absolute atomic E-state index is 11.8. The summed E-state index contributed by atoms with van der Waals surface area (Å²) < 4.78 is 0. The van der Waals surface area contributed by atoms with Crippen molar-refractivity contribution >= 4 is 22.7 Å². The highest BCUT2D eigenvalue weighted by Gasteiger charge is 2.09. The molecule has 0 spiro atoms. The fourth-order valence-corrected chi connectivity index (χ4v) is 1.61. The number of primary amides is 1. The number of hydrogen-bond acceptors (Lipinski definition) is 2. The average Bonchev–Trinajstić information content (AvgIpc) is 2.35. The van der Waals surface area contributed by atoms with Crippen molar-refractivity contribution in [2.24, 2.45) is 5.73 Å². The predicted octanol–water partition coefficient (Wildman–Crippen LogP) is 1.15. The highest BCUT2D eigenvalue weighted by molar-refractivity contribution is 6.07. The minimum Gasteiger partial charge on any atom is -0.350 e. The van der Waals surface area contributed by atoms with E-state index in [1.54, 1.807) is 12.1 Å². The third kappa shape index (κ3) is 2.34. The number of rotatable bonds is 1. The lowest BCUT2D eigenvalue weighted by Gasteiger charge is -2.07. The van der Waals surface area contributed by atoms with Crippen molar-refractivity contribution in [1.29, 1.82) is 0 Å². The van der Waals surface area contributed by atoms with E-state index in [-0.39, 0.29) is 0 Å². The molecule has 5 heteroatoms. The molecule has 0 bridgehead atoms. The molecule has 0 unspecified atom stereocenters. The topological polar surface area (TPSA) is 84.2 Å². The molecule has 3 amide bonds. The van der Waals surface area contributed by atoms with Gasteiger partial charge in [-0.05, 0) is 16.8 Å². The molecule has 0 atom stereocenters. The highest BCUT2D eigenvalue weighted by atomic mass is 16.2. The van der Waals surface area contributed by atoms with Crippen LogP contribution in [0.1, 0.15) is 10.4 Å². The van der Waals surface area contributed by atoms with E-state index in [0.717, 1.165) is 10.8 Å². The van der Waals surface area contributed by atoms with Crippen molar-refractivity contribution in [2.45, 2.75) is 0 Å². The summed E-state index contributed by atoms with van der Waals surface area (Å²) in [6.45, 7) is 0. The fourth-order valence-electron chi connectivity index (χ4n) is 1.61. The molecule has 4 N–H and O–H groups in total. The number of hydrazine groups is 1. The minimum atomic E-state index is -0.807. The maximum Gasteiger partial charge on any atom is 0.330 e. The number of urea groups is 1. The van der Waals surface area contributed by atoms with Gasteiger partial charge in [0.2, 0.25) is 0 Å². The summed E-state index contributed by atoms with van der Waals surface area (Å²) in [5.74, 6) is -0.402. The Bertz CT molecular complexity index is 575. The third-order valence-electron chi connectivity index (χ3n) is 2.33. The molecule has 0 fully saturated rings. The molecule has 2 rings (SSSR count). The maximum atomic E-state index is 11.8. The zero-order valence-electron chi connectivity index (χ0n) is 8.94. The molecule has 0 aromatic heterocycles. The van der Waals surface area contributed by atoms with Crippen molar-refractivity contribution in [3.63, 3.8) is 0 Å². The number of nitrogens with one attached hydrogen (secondary N) is 2. The van der Waals surface area contributed by atoms with E-state index in [0.29, 0.717) is 5.56 Å². The van der Waals surface area contributed by atoms with Crippen LogP contribution in [0, 0.1) is 0 Å². The van der Waals surface area contributed by atoms with Crippen molar-refractivity contribution in [3.8, 4) is 0 Å². The number of carbonyl (C=O) groups excluding carboxylic acids is 2. The van der Waals surface area contributed by atoms with Gasteiger partial charge < -0.3 is 5.73 Å². The van der Waals surface area contributed by atoms with Crippen LogP contribution in [-0.2, 0) is 0 Å². The monoisotopic (exact) mass is 229 g/mol. The van der Waals surface area contributed by atoms with Crippen LogP contribution in [0.25, 0.3) is 10.8 Å². The molecule has 0 saturated heterocycles. The lowest BCUT2D eigenvalue weighted by atomic mass is 10.0.